The fourth-order valence-electron chi connectivity index (χ4n) is 2.47. The Hall–Kier alpha value is -1.16. The molecule has 0 heterocycles. The Labute approximate surface area is 148 Å². The van der Waals surface area contributed by atoms with E-state index in [1.165, 1.54) is 24.8 Å². The summed E-state index contributed by atoms with van der Waals surface area (Å²) in [6.07, 6.45) is 10.1. The smallest absolute Gasteiger partial charge is 0.155 e. The van der Waals surface area contributed by atoms with Gasteiger partial charge in [0.1, 0.15) is 0 Å². The van der Waals surface area contributed by atoms with Gasteiger partial charge in [0, 0.05) is 6.61 Å². The minimum atomic E-state index is -0.200. The number of allylic oxidation sites excluding steroid dienone is 1. The van der Waals surface area contributed by atoms with E-state index in [1.54, 1.807) is 0 Å². The quantitative estimate of drug-likeness (QED) is 0.255. The predicted molar refractivity (Wildman–Crippen MR) is 100.0 cm³/mol. The summed E-state index contributed by atoms with van der Waals surface area (Å²) in [5.41, 5.74) is 1.18. The van der Waals surface area contributed by atoms with Gasteiger partial charge >= 0.3 is 0 Å². The molecule has 24 heavy (non-hydrogen) atoms. The van der Waals surface area contributed by atoms with Gasteiger partial charge in [0.15, 0.2) is 6.29 Å². The molecule has 0 fully saturated rings. The monoisotopic (exact) mass is 334 g/mol. The molecule has 1 rings (SSSR count). The Morgan fingerprint density at radius 2 is 1.83 bits per heavy atom. The van der Waals surface area contributed by atoms with E-state index in [1.807, 2.05) is 32.0 Å². The number of unbranched alkanes of at least 4 members (excludes halogenated alkanes) is 3. The van der Waals surface area contributed by atoms with Gasteiger partial charge in [0.05, 0.1) is 19.3 Å². The van der Waals surface area contributed by atoms with E-state index in [9.17, 15) is 0 Å². The SMILES string of the molecule is CCCCC/C=C\C[C@@H](COCc1ccccc1)OC(C)OCC. The fourth-order valence-corrected chi connectivity index (χ4v) is 2.47. The van der Waals surface area contributed by atoms with Crippen LogP contribution in [0.3, 0.4) is 0 Å². The molecule has 0 aliphatic rings. The van der Waals surface area contributed by atoms with Gasteiger partial charge in [-0.15, -0.1) is 0 Å². The lowest BCUT2D eigenvalue weighted by atomic mass is 10.1. The maximum Gasteiger partial charge on any atom is 0.155 e. The molecule has 0 amide bonds. The highest BCUT2D eigenvalue weighted by molar-refractivity contribution is 5.13. The van der Waals surface area contributed by atoms with Gasteiger partial charge < -0.3 is 14.2 Å². The largest absolute Gasteiger partial charge is 0.374 e. The average Bonchev–Trinajstić information content (AvgIpc) is 2.59. The van der Waals surface area contributed by atoms with Crippen LogP contribution in [-0.2, 0) is 20.8 Å². The van der Waals surface area contributed by atoms with Gasteiger partial charge in [-0.25, -0.2) is 0 Å². The predicted octanol–water partition coefficient (Wildman–Crippen LogP) is 5.50. The van der Waals surface area contributed by atoms with E-state index in [2.05, 4.69) is 31.2 Å². The third-order valence-electron chi connectivity index (χ3n) is 3.74. The Kier molecular flexibility index (Phi) is 12.4. The lowest BCUT2D eigenvalue weighted by Crippen LogP contribution is -2.26. The summed E-state index contributed by atoms with van der Waals surface area (Å²) in [5.74, 6) is 0. The normalized spacial score (nSPS) is 14.1. The van der Waals surface area contributed by atoms with Gasteiger partial charge in [-0.1, -0.05) is 62.2 Å². The highest BCUT2D eigenvalue weighted by Crippen LogP contribution is 2.09. The van der Waals surface area contributed by atoms with E-state index >= 15 is 0 Å². The second kappa shape index (κ2) is 14.2. The molecule has 1 unspecified atom stereocenters. The van der Waals surface area contributed by atoms with Crippen LogP contribution in [0.15, 0.2) is 42.5 Å². The third kappa shape index (κ3) is 10.6. The molecule has 3 heteroatoms. The van der Waals surface area contributed by atoms with Gasteiger partial charge in [-0.2, -0.15) is 0 Å². The number of hydrogen-bond acceptors (Lipinski definition) is 3. The van der Waals surface area contributed by atoms with Crippen molar-refractivity contribution >= 4 is 0 Å². The summed E-state index contributed by atoms with van der Waals surface area (Å²) in [5, 5.41) is 0. The molecule has 0 aromatic heterocycles. The number of rotatable bonds is 14. The lowest BCUT2D eigenvalue weighted by Gasteiger charge is -2.21. The van der Waals surface area contributed by atoms with Crippen LogP contribution in [0.25, 0.3) is 0 Å². The lowest BCUT2D eigenvalue weighted by molar-refractivity contribution is -0.170. The molecular formula is C21H34O3. The fraction of sp³-hybridized carbons (Fsp3) is 0.619. The molecule has 3 nitrogen and oxygen atoms in total. The van der Waals surface area contributed by atoms with Crippen LogP contribution in [0.2, 0.25) is 0 Å². The summed E-state index contributed by atoms with van der Waals surface area (Å²) in [6, 6.07) is 10.2. The van der Waals surface area contributed by atoms with E-state index in [0.29, 0.717) is 19.8 Å². The summed E-state index contributed by atoms with van der Waals surface area (Å²) < 4.78 is 17.3. The van der Waals surface area contributed by atoms with Crippen molar-refractivity contribution in [1.82, 2.24) is 0 Å². The average molecular weight is 335 g/mol. The van der Waals surface area contributed by atoms with Crippen molar-refractivity contribution in [2.45, 2.75) is 71.9 Å². The Morgan fingerprint density at radius 3 is 2.54 bits per heavy atom. The molecule has 0 saturated carbocycles. The molecule has 0 bridgehead atoms. The van der Waals surface area contributed by atoms with Crippen molar-refractivity contribution in [1.29, 1.82) is 0 Å². The zero-order valence-corrected chi connectivity index (χ0v) is 15.6. The second-order valence-electron chi connectivity index (χ2n) is 5.98. The zero-order chi connectivity index (χ0) is 17.5. The molecule has 1 aromatic rings. The topological polar surface area (TPSA) is 27.7 Å². The van der Waals surface area contributed by atoms with Gasteiger partial charge in [0.2, 0.25) is 0 Å². The second-order valence-corrected chi connectivity index (χ2v) is 5.98. The molecule has 0 aliphatic heterocycles. The first kappa shape index (κ1) is 20.9. The Balaban J connectivity index is 2.36. The highest BCUT2D eigenvalue weighted by Gasteiger charge is 2.12. The summed E-state index contributed by atoms with van der Waals surface area (Å²) in [4.78, 5) is 0. The highest BCUT2D eigenvalue weighted by atomic mass is 16.7. The van der Waals surface area contributed by atoms with E-state index in [-0.39, 0.29) is 12.4 Å². The van der Waals surface area contributed by atoms with Crippen molar-refractivity contribution in [3.8, 4) is 0 Å². The minimum Gasteiger partial charge on any atom is -0.374 e. The van der Waals surface area contributed by atoms with Crippen molar-refractivity contribution in [2.75, 3.05) is 13.2 Å². The van der Waals surface area contributed by atoms with Crippen molar-refractivity contribution < 1.29 is 14.2 Å². The summed E-state index contributed by atoms with van der Waals surface area (Å²) in [7, 11) is 0. The first-order valence-electron chi connectivity index (χ1n) is 9.30. The molecular weight excluding hydrogens is 300 g/mol. The van der Waals surface area contributed by atoms with Crippen LogP contribution in [0.4, 0.5) is 0 Å². The van der Waals surface area contributed by atoms with Crippen molar-refractivity contribution in [3.63, 3.8) is 0 Å². The first-order chi connectivity index (χ1) is 11.8. The van der Waals surface area contributed by atoms with E-state index in [4.69, 9.17) is 14.2 Å². The van der Waals surface area contributed by atoms with Crippen molar-refractivity contribution in [2.24, 2.45) is 0 Å². The molecule has 1 aromatic carbocycles. The molecule has 0 aliphatic carbocycles. The van der Waals surface area contributed by atoms with Gasteiger partial charge in [-0.3, -0.25) is 0 Å². The van der Waals surface area contributed by atoms with Crippen LogP contribution >= 0.6 is 0 Å². The zero-order valence-electron chi connectivity index (χ0n) is 15.6. The van der Waals surface area contributed by atoms with E-state index in [0.717, 1.165) is 12.8 Å². The minimum absolute atomic E-state index is 0.0256. The Bertz CT molecular complexity index is 416. The van der Waals surface area contributed by atoms with Crippen LogP contribution in [0.1, 0.15) is 58.4 Å². The van der Waals surface area contributed by atoms with Crippen LogP contribution in [0.5, 0.6) is 0 Å². The maximum absolute atomic E-state index is 5.96. The van der Waals surface area contributed by atoms with Gasteiger partial charge in [-0.05, 0) is 38.7 Å². The molecule has 0 radical (unpaired) electrons. The molecule has 0 N–H and O–H groups in total. The standard InChI is InChI=1S/C21H34O3/c1-4-6-7-8-9-13-16-21(24-19(3)23-5-2)18-22-17-20-14-11-10-12-15-20/h9-15,19,21H,4-8,16-18H2,1-3H3/b13-9-/t19?,21-/m0/s1. The molecule has 2 atom stereocenters. The Morgan fingerprint density at radius 1 is 1.04 bits per heavy atom. The maximum atomic E-state index is 5.96. The third-order valence-corrected chi connectivity index (χ3v) is 3.74. The first-order valence-corrected chi connectivity index (χ1v) is 9.30. The number of ether oxygens (including phenoxy) is 3. The van der Waals surface area contributed by atoms with Crippen LogP contribution in [0, 0.1) is 0 Å². The van der Waals surface area contributed by atoms with Crippen LogP contribution < -0.4 is 0 Å². The van der Waals surface area contributed by atoms with E-state index < -0.39 is 0 Å². The molecule has 136 valence electrons. The molecule has 0 spiro atoms. The van der Waals surface area contributed by atoms with Crippen LogP contribution in [-0.4, -0.2) is 25.6 Å². The van der Waals surface area contributed by atoms with Crippen molar-refractivity contribution in [3.05, 3.63) is 48.0 Å². The summed E-state index contributed by atoms with van der Waals surface area (Å²) >= 11 is 0. The number of benzene rings is 1. The number of hydrogen-bond donors (Lipinski definition) is 0. The summed E-state index contributed by atoms with van der Waals surface area (Å²) in [6.45, 7) is 8.00. The molecule has 0 saturated heterocycles. The van der Waals surface area contributed by atoms with Gasteiger partial charge in [0.25, 0.3) is 0 Å².